The van der Waals surface area contributed by atoms with E-state index in [2.05, 4.69) is 15.5 Å². The zero-order chi connectivity index (χ0) is 37.2. The zero-order valence-electron chi connectivity index (χ0n) is 30.0. The van der Waals surface area contributed by atoms with Crippen molar-refractivity contribution in [3.8, 4) is 5.75 Å². The molecule has 3 aliphatic rings. The minimum absolute atomic E-state index is 0.00989. The van der Waals surface area contributed by atoms with E-state index >= 15 is 4.79 Å². The number of carbonyl (C=O) groups is 4. The van der Waals surface area contributed by atoms with Gasteiger partial charge in [0.1, 0.15) is 29.5 Å². The highest BCUT2D eigenvalue weighted by Gasteiger charge is 2.54. The lowest BCUT2D eigenvalue weighted by Crippen LogP contribution is -2.66. The van der Waals surface area contributed by atoms with Gasteiger partial charge in [0.15, 0.2) is 0 Å². The van der Waals surface area contributed by atoms with Crippen LogP contribution in [0.25, 0.3) is 0 Å². The van der Waals surface area contributed by atoms with Crippen molar-refractivity contribution in [1.82, 2.24) is 25.3 Å². The molecule has 2 heterocycles. The number of morpholine rings is 1. The molecular formula is C35H52Cl3N5O8. The number of alkyl halides is 3. The van der Waals surface area contributed by atoms with Gasteiger partial charge in [-0.25, -0.2) is 9.59 Å². The second-order valence-electron chi connectivity index (χ2n) is 14.4. The molecule has 0 bridgehead atoms. The molecule has 1 saturated carbocycles. The first-order valence-electron chi connectivity index (χ1n) is 17.6. The summed E-state index contributed by atoms with van der Waals surface area (Å²) in [6, 6.07) is 6.14. The molecule has 1 unspecified atom stereocenters. The van der Waals surface area contributed by atoms with Crippen molar-refractivity contribution < 1.29 is 38.1 Å². The normalized spacial score (nSPS) is 21.0. The number of benzene rings is 1. The van der Waals surface area contributed by atoms with Gasteiger partial charge in [-0.3, -0.25) is 14.5 Å². The van der Waals surface area contributed by atoms with Crippen LogP contribution in [0.15, 0.2) is 24.3 Å². The number of halogens is 3. The molecule has 0 aromatic heterocycles. The summed E-state index contributed by atoms with van der Waals surface area (Å²) in [5.41, 5.74) is -1.55. The number of methoxy groups -OCH3 is 1. The molecule has 286 valence electrons. The third-order valence-electron chi connectivity index (χ3n) is 9.45. The number of nitrogens with zero attached hydrogens (tertiary/aromatic N) is 3. The Morgan fingerprint density at radius 1 is 1.02 bits per heavy atom. The molecule has 51 heavy (non-hydrogen) atoms. The Kier molecular flexibility index (Phi) is 14.8. The van der Waals surface area contributed by atoms with Gasteiger partial charge in [0.05, 0.1) is 26.9 Å². The number of amides is 4. The SMILES string of the molecule is COc1ccc(CN(C(=O)[C@H](NC(=O)OCC(Cl)(Cl)Cl)C2CCCCC2)C2(C(=O)NCCN3CCOCC3)CCN(C(=O)OC(C)(C)C)C2)cc1. The van der Waals surface area contributed by atoms with Crippen LogP contribution in [0.2, 0.25) is 0 Å². The smallest absolute Gasteiger partial charge is 0.410 e. The predicted molar refractivity (Wildman–Crippen MR) is 194 cm³/mol. The van der Waals surface area contributed by atoms with Crippen molar-refractivity contribution in [2.75, 3.05) is 66.2 Å². The van der Waals surface area contributed by atoms with Gasteiger partial charge >= 0.3 is 12.2 Å². The number of ether oxygens (including phenoxy) is 4. The maximum absolute atomic E-state index is 15.1. The highest BCUT2D eigenvalue weighted by Crippen LogP contribution is 2.35. The number of hydrogen-bond acceptors (Lipinski definition) is 9. The first kappa shape index (κ1) is 41.1. The minimum Gasteiger partial charge on any atom is -0.497 e. The lowest BCUT2D eigenvalue weighted by Gasteiger charge is -2.43. The standard InChI is InChI=1S/C35H52Cl3N5O8/c1-33(2,3)51-32(47)42-16-14-34(23-42,30(45)39-15-17-41-18-20-49-21-19-41)43(22-25-10-12-27(48-4)13-11-25)29(44)28(26-8-6-5-7-9-26)40-31(46)50-24-35(36,37)38/h10-13,26,28H,5-9,14-24H2,1-4H3,(H,39,45)(H,40,46)/t28-,34?/m1/s1. The zero-order valence-corrected chi connectivity index (χ0v) is 32.3. The van der Waals surface area contributed by atoms with E-state index in [1.54, 1.807) is 40.0 Å². The number of carbonyl (C=O) groups excluding carboxylic acids is 4. The van der Waals surface area contributed by atoms with Crippen LogP contribution in [-0.4, -0.2) is 126 Å². The van der Waals surface area contributed by atoms with E-state index in [0.717, 1.165) is 37.9 Å². The molecule has 1 aromatic rings. The van der Waals surface area contributed by atoms with Gasteiger partial charge in [0.25, 0.3) is 0 Å². The Hall–Kier alpha value is -2.71. The van der Waals surface area contributed by atoms with Gasteiger partial charge in [0, 0.05) is 39.3 Å². The van der Waals surface area contributed by atoms with Crippen LogP contribution < -0.4 is 15.4 Å². The monoisotopic (exact) mass is 775 g/mol. The first-order chi connectivity index (χ1) is 24.1. The highest BCUT2D eigenvalue weighted by molar-refractivity contribution is 6.67. The Morgan fingerprint density at radius 2 is 1.69 bits per heavy atom. The lowest BCUT2D eigenvalue weighted by atomic mass is 9.82. The summed E-state index contributed by atoms with van der Waals surface area (Å²) in [4.78, 5) is 61.5. The van der Waals surface area contributed by atoms with Gasteiger partial charge in [-0.15, -0.1) is 0 Å². The predicted octanol–water partition coefficient (Wildman–Crippen LogP) is 4.90. The molecule has 4 rings (SSSR count). The van der Waals surface area contributed by atoms with Crippen LogP contribution in [0.1, 0.15) is 64.9 Å². The number of hydrogen-bond donors (Lipinski definition) is 2. The van der Waals surface area contributed by atoms with Crippen LogP contribution in [0.5, 0.6) is 5.75 Å². The lowest BCUT2D eigenvalue weighted by molar-refractivity contribution is -0.151. The average Bonchev–Trinajstić information content (AvgIpc) is 3.55. The molecule has 2 atom stereocenters. The average molecular weight is 777 g/mol. The van der Waals surface area contributed by atoms with Crippen molar-refractivity contribution in [2.24, 2.45) is 5.92 Å². The Bertz CT molecular complexity index is 1330. The van der Waals surface area contributed by atoms with Gasteiger partial charge in [-0.2, -0.15) is 0 Å². The van der Waals surface area contributed by atoms with Gasteiger partial charge < -0.3 is 39.4 Å². The molecule has 0 radical (unpaired) electrons. The topological polar surface area (TPSA) is 139 Å². The molecule has 0 spiro atoms. The second kappa shape index (κ2) is 18.4. The number of alkyl carbamates (subject to hydrolysis) is 1. The highest BCUT2D eigenvalue weighted by atomic mass is 35.6. The van der Waals surface area contributed by atoms with Crippen LogP contribution in [0.4, 0.5) is 9.59 Å². The van der Waals surface area contributed by atoms with Gasteiger partial charge in [0.2, 0.25) is 15.6 Å². The first-order valence-corrected chi connectivity index (χ1v) is 18.7. The molecular weight excluding hydrogens is 725 g/mol. The number of likely N-dealkylation sites (tertiary alicyclic amines) is 1. The van der Waals surface area contributed by atoms with E-state index in [1.165, 1.54) is 9.80 Å². The summed E-state index contributed by atoms with van der Waals surface area (Å²) in [7, 11) is 1.56. The fraction of sp³-hybridized carbons (Fsp3) is 0.714. The van der Waals surface area contributed by atoms with E-state index in [1.807, 2.05) is 12.1 Å². The maximum Gasteiger partial charge on any atom is 0.410 e. The molecule has 2 aliphatic heterocycles. The minimum atomic E-state index is -1.85. The molecule has 3 fully saturated rings. The fourth-order valence-corrected chi connectivity index (χ4v) is 6.97. The molecule has 1 aliphatic carbocycles. The van der Waals surface area contributed by atoms with E-state index in [9.17, 15) is 14.4 Å². The fourth-order valence-electron chi connectivity index (χ4n) is 6.81. The van der Waals surface area contributed by atoms with Crippen LogP contribution in [0, 0.1) is 5.92 Å². The van der Waals surface area contributed by atoms with E-state index in [-0.39, 0.29) is 32.0 Å². The quantitative estimate of drug-likeness (QED) is 0.284. The number of nitrogens with one attached hydrogen (secondary N) is 2. The van der Waals surface area contributed by atoms with Crippen molar-refractivity contribution in [3.63, 3.8) is 0 Å². The molecule has 4 amide bonds. The summed E-state index contributed by atoms with van der Waals surface area (Å²) in [6.45, 7) is 8.52. The van der Waals surface area contributed by atoms with Crippen molar-refractivity contribution in [3.05, 3.63) is 29.8 Å². The summed E-state index contributed by atoms with van der Waals surface area (Å²) in [5, 5.41) is 5.86. The third-order valence-corrected chi connectivity index (χ3v) is 9.78. The van der Waals surface area contributed by atoms with Crippen molar-refractivity contribution in [1.29, 1.82) is 0 Å². The van der Waals surface area contributed by atoms with Crippen molar-refractivity contribution in [2.45, 2.75) is 86.8 Å². The van der Waals surface area contributed by atoms with Crippen LogP contribution in [0.3, 0.4) is 0 Å². The molecule has 1 aromatic carbocycles. The largest absolute Gasteiger partial charge is 0.497 e. The van der Waals surface area contributed by atoms with E-state index in [4.69, 9.17) is 53.8 Å². The second-order valence-corrected chi connectivity index (χ2v) is 16.9. The summed E-state index contributed by atoms with van der Waals surface area (Å²) in [5.74, 6) is -0.486. The molecule has 2 N–H and O–H groups in total. The third kappa shape index (κ3) is 12.2. The van der Waals surface area contributed by atoms with E-state index in [0.29, 0.717) is 44.9 Å². The van der Waals surface area contributed by atoms with E-state index < -0.39 is 51.6 Å². The molecule has 2 saturated heterocycles. The Balaban J connectivity index is 1.73. The summed E-state index contributed by atoms with van der Waals surface area (Å²) in [6.07, 6.45) is 2.76. The summed E-state index contributed by atoms with van der Waals surface area (Å²) < 4.78 is 19.9. The van der Waals surface area contributed by atoms with Gasteiger partial charge in [-0.1, -0.05) is 66.2 Å². The van der Waals surface area contributed by atoms with Crippen molar-refractivity contribution >= 4 is 58.8 Å². The molecule has 13 nitrogen and oxygen atoms in total. The van der Waals surface area contributed by atoms with Crippen LogP contribution >= 0.6 is 34.8 Å². The van der Waals surface area contributed by atoms with Crippen LogP contribution in [-0.2, 0) is 30.3 Å². The Morgan fingerprint density at radius 3 is 2.29 bits per heavy atom. The Labute approximate surface area is 315 Å². The molecule has 16 heteroatoms. The number of rotatable bonds is 12. The van der Waals surface area contributed by atoms with Gasteiger partial charge in [-0.05, 0) is 63.6 Å². The summed E-state index contributed by atoms with van der Waals surface area (Å²) >= 11 is 17.5. The maximum atomic E-state index is 15.1.